The maximum Gasteiger partial charge on any atom is 0.123 e. The number of H-pyrrole nitrogens is 1. The fraction of sp³-hybridized carbons (Fsp3) is 0.125. The van der Waals surface area contributed by atoms with Gasteiger partial charge in [-0.25, -0.2) is 4.39 Å². The van der Waals surface area contributed by atoms with Gasteiger partial charge in [0.15, 0.2) is 0 Å². The number of aryl methyl sites for hydroxylation is 1. The van der Waals surface area contributed by atoms with Crippen LogP contribution in [0, 0.1) is 5.82 Å². The predicted molar refractivity (Wildman–Crippen MR) is 74.8 cm³/mol. The number of nitrogens with one attached hydrogen (secondary N) is 1. The van der Waals surface area contributed by atoms with Crippen molar-refractivity contribution in [2.45, 2.75) is 12.8 Å². The Morgan fingerprint density at radius 3 is 2.86 bits per heavy atom. The molecule has 0 saturated carbocycles. The number of aromatic amines is 1. The Morgan fingerprint density at radius 1 is 1.29 bits per heavy atom. The first-order chi connectivity index (χ1) is 10.1. The molecule has 3 aromatic rings. The Labute approximate surface area is 120 Å². The van der Waals surface area contributed by atoms with E-state index in [0.717, 1.165) is 16.8 Å². The molecule has 2 aromatic heterocycles. The summed E-state index contributed by atoms with van der Waals surface area (Å²) in [5, 5.41) is 11.4. The number of hydrogen-bond donors (Lipinski definition) is 1. The molecule has 106 valence electrons. The number of fused-ring (bicyclic) bond motifs is 1. The molecule has 2 heterocycles. The van der Waals surface area contributed by atoms with Crippen LogP contribution in [0.3, 0.4) is 0 Å². The summed E-state index contributed by atoms with van der Waals surface area (Å²) >= 11 is 0. The quantitative estimate of drug-likeness (QED) is 0.796. The van der Waals surface area contributed by atoms with Crippen molar-refractivity contribution in [3.05, 3.63) is 54.0 Å². The molecule has 0 aliphatic carbocycles. The van der Waals surface area contributed by atoms with Gasteiger partial charge in [-0.2, -0.15) is 0 Å². The van der Waals surface area contributed by atoms with Gasteiger partial charge in [0.1, 0.15) is 5.82 Å². The second-order valence-electron chi connectivity index (χ2n) is 4.76. The number of rotatable bonds is 4. The third kappa shape index (κ3) is 2.63. The number of carbonyl (C=O) groups excluding carboxylic acids is 1. The van der Waals surface area contributed by atoms with Crippen molar-refractivity contribution in [2.75, 3.05) is 0 Å². The predicted octanol–water partition coefficient (Wildman–Crippen LogP) is 2.05. The number of halogens is 1. The largest absolute Gasteiger partial charge is 0.550 e. The zero-order chi connectivity index (χ0) is 14.8. The van der Waals surface area contributed by atoms with E-state index in [1.54, 1.807) is 18.3 Å². The fourth-order valence-electron chi connectivity index (χ4n) is 2.44. The number of carboxylic acid groups (broad SMARTS) is 1. The summed E-state index contributed by atoms with van der Waals surface area (Å²) in [5.41, 5.74) is 2.91. The summed E-state index contributed by atoms with van der Waals surface area (Å²) in [6, 6.07) is 9.87. The molecular formula is C16H12FN2O2-. The van der Waals surface area contributed by atoms with Gasteiger partial charge in [0.2, 0.25) is 0 Å². The third-order valence-corrected chi connectivity index (χ3v) is 3.37. The minimum atomic E-state index is -1.13. The average molecular weight is 283 g/mol. The third-order valence-electron chi connectivity index (χ3n) is 3.37. The highest BCUT2D eigenvalue weighted by atomic mass is 19.1. The van der Waals surface area contributed by atoms with Crippen molar-refractivity contribution >= 4 is 16.9 Å². The van der Waals surface area contributed by atoms with Crippen molar-refractivity contribution in [1.29, 1.82) is 0 Å². The van der Waals surface area contributed by atoms with Crippen LogP contribution in [0.15, 0.2) is 42.6 Å². The van der Waals surface area contributed by atoms with Crippen molar-refractivity contribution in [3.63, 3.8) is 0 Å². The Balaban J connectivity index is 2.18. The summed E-state index contributed by atoms with van der Waals surface area (Å²) in [6.07, 6.45) is 1.80. The molecule has 0 unspecified atom stereocenters. The summed E-state index contributed by atoms with van der Waals surface area (Å²) in [7, 11) is 0. The molecule has 0 saturated heterocycles. The minimum absolute atomic E-state index is 0.122. The van der Waals surface area contributed by atoms with Crippen LogP contribution < -0.4 is 5.11 Å². The molecule has 0 atom stereocenters. The Morgan fingerprint density at radius 2 is 2.14 bits per heavy atom. The van der Waals surface area contributed by atoms with E-state index in [9.17, 15) is 14.3 Å². The number of carbonyl (C=O) groups is 1. The van der Waals surface area contributed by atoms with E-state index in [2.05, 4.69) is 9.97 Å². The average Bonchev–Trinajstić information content (AvgIpc) is 2.84. The molecular weight excluding hydrogens is 271 g/mol. The second kappa shape index (κ2) is 5.36. The van der Waals surface area contributed by atoms with Gasteiger partial charge in [0.05, 0.1) is 11.4 Å². The van der Waals surface area contributed by atoms with Crippen molar-refractivity contribution in [3.8, 4) is 11.4 Å². The van der Waals surface area contributed by atoms with Gasteiger partial charge in [0, 0.05) is 23.1 Å². The lowest BCUT2D eigenvalue weighted by Gasteiger charge is -2.05. The molecule has 0 aliphatic rings. The van der Waals surface area contributed by atoms with Crippen LogP contribution in [0.1, 0.15) is 12.0 Å². The van der Waals surface area contributed by atoms with Crippen molar-refractivity contribution < 1.29 is 14.3 Å². The van der Waals surface area contributed by atoms with E-state index in [1.807, 2.05) is 12.1 Å². The maximum absolute atomic E-state index is 13.5. The zero-order valence-corrected chi connectivity index (χ0v) is 11.1. The lowest BCUT2D eigenvalue weighted by atomic mass is 10.0. The van der Waals surface area contributed by atoms with Crippen LogP contribution in [-0.4, -0.2) is 15.9 Å². The Hall–Kier alpha value is -2.69. The molecule has 21 heavy (non-hydrogen) atoms. The number of benzene rings is 1. The zero-order valence-electron chi connectivity index (χ0n) is 11.1. The molecule has 1 N–H and O–H groups in total. The van der Waals surface area contributed by atoms with Crippen LogP contribution in [0.25, 0.3) is 22.3 Å². The normalized spacial score (nSPS) is 10.9. The van der Waals surface area contributed by atoms with Gasteiger partial charge < -0.3 is 14.9 Å². The molecule has 4 nitrogen and oxygen atoms in total. The number of aliphatic carboxylic acids is 1. The first-order valence-corrected chi connectivity index (χ1v) is 6.56. The minimum Gasteiger partial charge on any atom is -0.550 e. The fourth-order valence-corrected chi connectivity index (χ4v) is 2.44. The van der Waals surface area contributed by atoms with Gasteiger partial charge in [-0.3, -0.25) is 4.98 Å². The molecule has 3 rings (SSSR count). The molecule has 0 fully saturated rings. The van der Waals surface area contributed by atoms with Crippen molar-refractivity contribution in [2.24, 2.45) is 0 Å². The Kier molecular flexibility index (Phi) is 3.39. The monoisotopic (exact) mass is 283 g/mol. The van der Waals surface area contributed by atoms with Gasteiger partial charge in [0.25, 0.3) is 0 Å². The van der Waals surface area contributed by atoms with E-state index in [4.69, 9.17) is 0 Å². The van der Waals surface area contributed by atoms with Gasteiger partial charge >= 0.3 is 0 Å². The van der Waals surface area contributed by atoms with Crippen LogP contribution in [0.2, 0.25) is 0 Å². The van der Waals surface area contributed by atoms with Crippen LogP contribution in [0.4, 0.5) is 4.39 Å². The topological polar surface area (TPSA) is 68.8 Å². The molecule has 0 radical (unpaired) electrons. The first-order valence-electron chi connectivity index (χ1n) is 6.56. The summed E-state index contributed by atoms with van der Waals surface area (Å²) < 4.78 is 13.5. The molecule has 0 bridgehead atoms. The SMILES string of the molecule is O=C([O-])CCc1c(-c2ccccn2)[nH]c2ccc(F)cc12. The number of nitrogens with zero attached hydrogens (tertiary/aromatic N) is 1. The van der Waals surface area contributed by atoms with Crippen LogP contribution in [0.5, 0.6) is 0 Å². The highest BCUT2D eigenvalue weighted by Crippen LogP contribution is 2.30. The second-order valence-corrected chi connectivity index (χ2v) is 4.76. The Bertz CT molecular complexity index is 797. The highest BCUT2D eigenvalue weighted by molar-refractivity contribution is 5.90. The molecule has 0 aliphatic heterocycles. The molecule has 0 amide bonds. The van der Waals surface area contributed by atoms with E-state index < -0.39 is 5.97 Å². The standard InChI is InChI=1S/C16H13FN2O2/c17-10-4-6-13-12(9-10)11(5-7-15(20)21)16(19-13)14-3-1-2-8-18-14/h1-4,6,8-9,19H,5,7H2,(H,20,21)/p-1. The van der Waals surface area contributed by atoms with E-state index in [-0.39, 0.29) is 18.7 Å². The lowest BCUT2D eigenvalue weighted by Crippen LogP contribution is -2.22. The number of pyridine rings is 1. The lowest BCUT2D eigenvalue weighted by molar-refractivity contribution is -0.305. The highest BCUT2D eigenvalue weighted by Gasteiger charge is 2.14. The van der Waals surface area contributed by atoms with Crippen LogP contribution >= 0.6 is 0 Å². The maximum atomic E-state index is 13.5. The van der Waals surface area contributed by atoms with E-state index in [0.29, 0.717) is 11.1 Å². The first kappa shape index (κ1) is 13.3. The van der Waals surface area contributed by atoms with Gasteiger partial charge in [-0.15, -0.1) is 0 Å². The molecule has 0 spiro atoms. The van der Waals surface area contributed by atoms with Gasteiger partial charge in [-0.05, 0) is 48.7 Å². The number of hydrogen-bond acceptors (Lipinski definition) is 3. The summed E-state index contributed by atoms with van der Waals surface area (Å²) in [4.78, 5) is 18.2. The van der Waals surface area contributed by atoms with Crippen molar-refractivity contribution in [1.82, 2.24) is 9.97 Å². The summed E-state index contributed by atoms with van der Waals surface area (Å²) in [5.74, 6) is -1.49. The van der Waals surface area contributed by atoms with Crippen LogP contribution in [-0.2, 0) is 11.2 Å². The van der Waals surface area contributed by atoms with Gasteiger partial charge in [-0.1, -0.05) is 6.07 Å². The smallest absolute Gasteiger partial charge is 0.123 e. The number of aromatic nitrogens is 2. The van der Waals surface area contributed by atoms with E-state index in [1.165, 1.54) is 12.1 Å². The molecule has 1 aromatic carbocycles. The number of carboxylic acids is 1. The molecule has 5 heteroatoms. The van der Waals surface area contributed by atoms with E-state index >= 15 is 0 Å². The summed E-state index contributed by atoms with van der Waals surface area (Å²) in [6.45, 7) is 0.